The molecule has 2 aromatic carbocycles. The van der Waals surface area contributed by atoms with E-state index < -0.39 is 0 Å². The van der Waals surface area contributed by atoms with E-state index in [1.165, 1.54) is 156 Å². The Bertz CT molecular complexity index is 1420. The van der Waals surface area contributed by atoms with Gasteiger partial charge in [0.25, 0.3) is 0 Å². The first-order valence-electron chi connectivity index (χ1n) is 22.3. The van der Waals surface area contributed by atoms with Crippen molar-refractivity contribution in [3.8, 4) is 11.8 Å². The first kappa shape index (κ1) is 46.7. The van der Waals surface area contributed by atoms with Gasteiger partial charge in [0.1, 0.15) is 5.57 Å². The summed E-state index contributed by atoms with van der Waals surface area (Å²) in [4.78, 5) is 0. The smallest absolute Gasteiger partial charge is 0.223 e. The SMILES string of the molecule is CCCCCCCCCCCCCCCCCCCCCCCCC#CC1=C(c2cccc(CC)c2)[N+](=[N-])C(c2cccc(CC)c2)=C1CCCC.[Ni]. The average molecular weight is 764 g/mol. The zero-order chi connectivity index (χ0) is 37.1. The molecule has 0 aromatic heterocycles. The predicted octanol–water partition coefficient (Wildman–Crippen LogP) is 16.2. The molecule has 1 aliphatic rings. The third-order valence-electron chi connectivity index (χ3n) is 11.1. The van der Waals surface area contributed by atoms with Gasteiger partial charge in [0.05, 0.1) is 0 Å². The Kier molecular flexibility index (Phi) is 26.3. The van der Waals surface area contributed by atoms with E-state index in [0.717, 1.165) is 73.0 Å². The van der Waals surface area contributed by atoms with Crippen LogP contribution in [0.3, 0.4) is 0 Å². The molecule has 0 fully saturated rings. The predicted molar refractivity (Wildman–Crippen MR) is 228 cm³/mol. The van der Waals surface area contributed by atoms with Crippen LogP contribution >= 0.6 is 0 Å². The standard InChI is InChI=1S/C50H76N2.Ni/c1-5-9-11-12-13-14-15-16-17-18-19-20-21-22-23-24-25-26-27-28-29-30-31-32-40-48-47(39-10-6-2)49(45-37-33-35-43(7-3)41-45)52(51)50(48)46-38-34-36-44(8-4)42-46;/h33-38,41-42H,5-31,39H2,1-4H3;. The van der Waals surface area contributed by atoms with Gasteiger partial charge in [0, 0.05) is 39.6 Å². The van der Waals surface area contributed by atoms with Crippen LogP contribution in [-0.4, -0.2) is 4.70 Å². The first-order valence-corrected chi connectivity index (χ1v) is 22.3. The molecule has 0 saturated heterocycles. The average Bonchev–Trinajstić information content (AvgIpc) is 3.45. The number of nitrogens with zero attached hydrogens (tertiary/aromatic N) is 2. The fourth-order valence-electron chi connectivity index (χ4n) is 7.75. The quantitative estimate of drug-likeness (QED) is 0.0341. The molecule has 0 spiro atoms. The molecule has 1 aliphatic heterocycles. The van der Waals surface area contributed by atoms with Gasteiger partial charge in [-0.15, -0.1) is 0 Å². The van der Waals surface area contributed by atoms with Crippen molar-refractivity contribution in [2.45, 2.75) is 207 Å². The molecule has 0 radical (unpaired) electrons. The Morgan fingerprint density at radius 2 is 0.887 bits per heavy atom. The van der Waals surface area contributed by atoms with Crippen LogP contribution in [0, 0.1) is 11.8 Å². The van der Waals surface area contributed by atoms with Crippen molar-refractivity contribution in [2.24, 2.45) is 0 Å². The van der Waals surface area contributed by atoms with Crippen molar-refractivity contribution in [3.05, 3.63) is 87.5 Å². The zero-order valence-electron chi connectivity index (χ0n) is 34.6. The monoisotopic (exact) mass is 763 g/mol. The summed E-state index contributed by atoms with van der Waals surface area (Å²) in [7, 11) is 0. The number of rotatable bonds is 29. The number of unbranched alkanes of at least 4 members (excludes halogenated alkanes) is 23. The third kappa shape index (κ3) is 17.7. The van der Waals surface area contributed by atoms with Crippen LogP contribution in [-0.2, 0) is 29.3 Å². The molecular weight excluding hydrogens is 687 g/mol. The maximum Gasteiger partial charge on any atom is 0.223 e. The van der Waals surface area contributed by atoms with Gasteiger partial charge in [-0.1, -0.05) is 205 Å². The molecule has 1 heterocycles. The molecular formula is C50H76N2Ni. The van der Waals surface area contributed by atoms with Gasteiger partial charge in [-0.25, -0.2) is 4.70 Å². The minimum atomic E-state index is 0. The number of allylic oxidation sites excluding steroid dienone is 2. The fraction of sp³-hybridized carbons (Fsp3) is 0.640. The van der Waals surface area contributed by atoms with Gasteiger partial charge in [0.15, 0.2) is 0 Å². The molecule has 0 N–H and O–H groups in total. The normalized spacial score (nSPS) is 12.7. The van der Waals surface area contributed by atoms with Crippen LogP contribution in [0.1, 0.15) is 217 Å². The zero-order valence-corrected chi connectivity index (χ0v) is 35.6. The second-order valence-corrected chi connectivity index (χ2v) is 15.6. The molecule has 0 bridgehead atoms. The number of benzene rings is 2. The third-order valence-corrected chi connectivity index (χ3v) is 11.1. The molecule has 0 atom stereocenters. The molecule has 3 rings (SSSR count). The number of hydrogen-bond donors (Lipinski definition) is 0. The summed E-state index contributed by atoms with van der Waals surface area (Å²) < 4.78 is 1.46. The van der Waals surface area contributed by atoms with Crippen LogP contribution in [0.4, 0.5) is 0 Å². The summed E-state index contributed by atoms with van der Waals surface area (Å²) in [6.07, 6.45) is 37.0. The summed E-state index contributed by atoms with van der Waals surface area (Å²) in [5, 5.41) is 0. The molecule has 2 aromatic rings. The van der Waals surface area contributed by atoms with Crippen molar-refractivity contribution < 1.29 is 21.2 Å². The number of aryl methyl sites for hydroxylation is 2. The van der Waals surface area contributed by atoms with E-state index in [2.05, 4.69) is 88.1 Å². The summed E-state index contributed by atoms with van der Waals surface area (Å²) in [5.41, 5.74) is 20.5. The van der Waals surface area contributed by atoms with E-state index in [-0.39, 0.29) is 16.5 Å². The van der Waals surface area contributed by atoms with E-state index in [4.69, 9.17) is 0 Å². The Balaban J connectivity index is 0.00000972. The molecule has 296 valence electrons. The van der Waals surface area contributed by atoms with Crippen molar-refractivity contribution in [1.29, 1.82) is 0 Å². The van der Waals surface area contributed by atoms with E-state index in [1.54, 1.807) is 0 Å². The first-order chi connectivity index (χ1) is 25.6. The van der Waals surface area contributed by atoms with Crippen LogP contribution in [0.2, 0.25) is 0 Å². The van der Waals surface area contributed by atoms with E-state index in [0.29, 0.717) is 0 Å². The summed E-state index contributed by atoms with van der Waals surface area (Å²) in [5.74, 6) is 7.18. The van der Waals surface area contributed by atoms with Crippen LogP contribution < -0.4 is 0 Å². The molecule has 3 heteroatoms. The molecule has 0 unspecified atom stereocenters. The van der Waals surface area contributed by atoms with Crippen molar-refractivity contribution in [1.82, 2.24) is 0 Å². The Labute approximate surface area is 337 Å². The van der Waals surface area contributed by atoms with E-state index in [1.807, 2.05) is 0 Å². The summed E-state index contributed by atoms with van der Waals surface area (Å²) >= 11 is 0. The second kappa shape index (κ2) is 29.9. The number of hydrogen-bond acceptors (Lipinski definition) is 0. The van der Waals surface area contributed by atoms with Gasteiger partial charge in [-0.05, 0) is 67.5 Å². The van der Waals surface area contributed by atoms with Crippen LogP contribution in [0.5, 0.6) is 0 Å². The molecule has 0 aliphatic carbocycles. The molecule has 0 amide bonds. The molecule has 2 nitrogen and oxygen atoms in total. The molecule has 53 heavy (non-hydrogen) atoms. The van der Waals surface area contributed by atoms with E-state index in [9.17, 15) is 5.53 Å². The van der Waals surface area contributed by atoms with Crippen LogP contribution in [0.25, 0.3) is 16.9 Å². The fourth-order valence-corrected chi connectivity index (χ4v) is 7.75. The Morgan fingerprint density at radius 1 is 0.491 bits per heavy atom. The van der Waals surface area contributed by atoms with Gasteiger partial charge in [0.2, 0.25) is 11.4 Å². The Morgan fingerprint density at radius 3 is 1.30 bits per heavy atom. The van der Waals surface area contributed by atoms with Crippen molar-refractivity contribution in [2.75, 3.05) is 0 Å². The Hall–Kier alpha value is -2.43. The van der Waals surface area contributed by atoms with Gasteiger partial charge >= 0.3 is 0 Å². The topological polar surface area (TPSA) is 25.3 Å². The molecule has 0 saturated carbocycles. The van der Waals surface area contributed by atoms with E-state index >= 15 is 0 Å². The van der Waals surface area contributed by atoms with Crippen LogP contribution in [0.15, 0.2) is 59.7 Å². The summed E-state index contributed by atoms with van der Waals surface area (Å²) in [6, 6.07) is 17.3. The second-order valence-electron chi connectivity index (χ2n) is 15.6. The minimum absolute atomic E-state index is 0. The van der Waals surface area contributed by atoms with Gasteiger partial charge < -0.3 is 5.53 Å². The summed E-state index contributed by atoms with van der Waals surface area (Å²) in [6.45, 7) is 8.92. The van der Waals surface area contributed by atoms with Crippen molar-refractivity contribution in [3.63, 3.8) is 0 Å². The van der Waals surface area contributed by atoms with Crippen molar-refractivity contribution >= 4 is 11.4 Å². The maximum absolute atomic E-state index is 11.9. The van der Waals surface area contributed by atoms with Gasteiger partial charge in [-0.3, -0.25) is 0 Å². The largest absolute Gasteiger partial charge is 0.493 e. The van der Waals surface area contributed by atoms with Gasteiger partial charge in [-0.2, -0.15) is 0 Å². The maximum atomic E-state index is 11.9. The minimum Gasteiger partial charge on any atom is -0.493 e.